The van der Waals surface area contributed by atoms with Gasteiger partial charge in [-0.05, 0) is 24.1 Å². The van der Waals surface area contributed by atoms with Crippen molar-refractivity contribution >= 4 is 12.6 Å². The smallest absolute Gasteiger partial charge is 0.375 e. The molecule has 1 aliphatic rings. The second-order valence-electron chi connectivity index (χ2n) is 5.40. The van der Waals surface area contributed by atoms with E-state index in [1.54, 1.807) is 0 Å². The van der Waals surface area contributed by atoms with Gasteiger partial charge >= 0.3 is 6.18 Å². The maximum Gasteiger partial charge on any atom is 0.417 e. The first-order valence-corrected chi connectivity index (χ1v) is 8.13. The van der Waals surface area contributed by atoms with Gasteiger partial charge in [-0.15, -0.1) is 12.6 Å². The second-order valence-corrected chi connectivity index (χ2v) is 5.88. The summed E-state index contributed by atoms with van der Waals surface area (Å²) in [5.74, 6) is 0. The molecule has 130 valence electrons. The third-order valence-electron chi connectivity index (χ3n) is 3.52. The van der Waals surface area contributed by atoms with Gasteiger partial charge in [-0.1, -0.05) is 42.5 Å². The summed E-state index contributed by atoms with van der Waals surface area (Å²) >= 11 is 3.67. The second kappa shape index (κ2) is 9.11. The van der Waals surface area contributed by atoms with Gasteiger partial charge < -0.3 is 10.1 Å². The molecule has 6 heteroatoms. The summed E-state index contributed by atoms with van der Waals surface area (Å²) in [5, 5.41) is 3.33. The minimum atomic E-state index is -4.29. The van der Waals surface area contributed by atoms with Crippen LogP contribution in [0.25, 0.3) is 0 Å². The quantitative estimate of drug-likeness (QED) is 0.788. The number of halogens is 3. The average Bonchev–Trinajstić information content (AvgIpc) is 2.57. The predicted octanol–water partition coefficient (Wildman–Crippen LogP) is 4.21. The molecule has 0 spiro atoms. The molecule has 0 radical (unpaired) electrons. The summed E-state index contributed by atoms with van der Waals surface area (Å²) in [6.07, 6.45) is -2.91. The van der Waals surface area contributed by atoms with Crippen LogP contribution in [-0.2, 0) is 17.3 Å². The molecule has 1 heterocycles. The van der Waals surface area contributed by atoms with Crippen LogP contribution in [0.4, 0.5) is 13.2 Å². The van der Waals surface area contributed by atoms with E-state index in [1.165, 1.54) is 23.8 Å². The maximum atomic E-state index is 12.0. The standard InChI is InChI=1S/C11H15NO.C7H5F3S/c1-2-4-10(5-3-1)8-11-9-12-6-7-13-11;8-7(9,10)5-3-1-2-4-6(5)11/h1-5,11-12H,6-9H2;1-4,11H. The van der Waals surface area contributed by atoms with E-state index < -0.39 is 11.7 Å². The van der Waals surface area contributed by atoms with Crippen molar-refractivity contribution in [2.75, 3.05) is 19.7 Å². The molecule has 0 amide bonds. The number of nitrogens with one attached hydrogen (secondary N) is 1. The Bertz CT molecular complexity index is 613. The molecule has 2 aromatic carbocycles. The van der Waals surface area contributed by atoms with Crippen molar-refractivity contribution in [2.24, 2.45) is 0 Å². The predicted molar refractivity (Wildman–Crippen MR) is 91.5 cm³/mol. The zero-order valence-electron chi connectivity index (χ0n) is 13.1. The van der Waals surface area contributed by atoms with Crippen LogP contribution in [0.5, 0.6) is 0 Å². The van der Waals surface area contributed by atoms with Crippen LogP contribution in [0.1, 0.15) is 11.1 Å². The maximum absolute atomic E-state index is 12.0. The fourth-order valence-electron chi connectivity index (χ4n) is 2.34. The molecule has 0 bridgehead atoms. The van der Waals surface area contributed by atoms with Crippen molar-refractivity contribution in [2.45, 2.75) is 23.6 Å². The van der Waals surface area contributed by atoms with E-state index in [-0.39, 0.29) is 4.90 Å². The number of hydrogen-bond donors (Lipinski definition) is 2. The lowest BCUT2D eigenvalue weighted by molar-refractivity contribution is -0.139. The average molecular weight is 355 g/mol. The van der Waals surface area contributed by atoms with Crippen molar-refractivity contribution in [3.8, 4) is 0 Å². The van der Waals surface area contributed by atoms with Gasteiger partial charge in [0.15, 0.2) is 0 Å². The van der Waals surface area contributed by atoms with E-state index in [2.05, 4.69) is 42.2 Å². The van der Waals surface area contributed by atoms with E-state index in [0.717, 1.165) is 32.2 Å². The lowest BCUT2D eigenvalue weighted by atomic mass is 10.1. The molecule has 24 heavy (non-hydrogen) atoms. The molecule has 0 aromatic heterocycles. The van der Waals surface area contributed by atoms with Crippen LogP contribution in [0, 0.1) is 0 Å². The summed E-state index contributed by atoms with van der Waals surface area (Å²) < 4.78 is 41.6. The Morgan fingerprint density at radius 3 is 2.25 bits per heavy atom. The van der Waals surface area contributed by atoms with Gasteiger partial charge in [0.1, 0.15) is 0 Å². The lowest BCUT2D eigenvalue weighted by Gasteiger charge is -2.23. The Hall–Kier alpha value is -1.50. The number of benzene rings is 2. The van der Waals surface area contributed by atoms with Crippen LogP contribution < -0.4 is 5.32 Å². The van der Waals surface area contributed by atoms with Crippen molar-refractivity contribution in [1.82, 2.24) is 5.32 Å². The first-order chi connectivity index (χ1) is 11.5. The van der Waals surface area contributed by atoms with E-state index in [9.17, 15) is 13.2 Å². The molecule has 0 aliphatic carbocycles. The molecule has 1 unspecified atom stereocenters. The number of thiol groups is 1. The van der Waals surface area contributed by atoms with E-state index in [0.29, 0.717) is 6.10 Å². The summed E-state index contributed by atoms with van der Waals surface area (Å²) in [5.41, 5.74) is 0.666. The highest BCUT2D eigenvalue weighted by molar-refractivity contribution is 7.80. The van der Waals surface area contributed by atoms with Crippen LogP contribution in [-0.4, -0.2) is 25.8 Å². The highest BCUT2D eigenvalue weighted by Crippen LogP contribution is 2.33. The summed E-state index contributed by atoms with van der Waals surface area (Å²) in [6.45, 7) is 2.82. The third-order valence-corrected chi connectivity index (χ3v) is 3.91. The van der Waals surface area contributed by atoms with Gasteiger partial charge in [0.05, 0.1) is 18.3 Å². The molecule has 0 saturated carbocycles. The van der Waals surface area contributed by atoms with Crippen molar-refractivity contribution in [3.05, 3.63) is 65.7 Å². The monoisotopic (exact) mass is 355 g/mol. The van der Waals surface area contributed by atoms with Gasteiger partial charge in [0, 0.05) is 18.0 Å². The molecule has 3 rings (SSSR count). The first-order valence-electron chi connectivity index (χ1n) is 7.68. The summed E-state index contributed by atoms with van der Waals surface area (Å²) in [6, 6.07) is 15.7. The highest BCUT2D eigenvalue weighted by atomic mass is 32.1. The fourth-order valence-corrected chi connectivity index (χ4v) is 2.63. The Kier molecular flexibility index (Phi) is 7.15. The number of morpholine rings is 1. The van der Waals surface area contributed by atoms with Crippen LogP contribution in [0.3, 0.4) is 0 Å². The largest absolute Gasteiger partial charge is 0.417 e. The van der Waals surface area contributed by atoms with E-state index >= 15 is 0 Å². The number of alkyl halides is 3. The van der Waals surface area contributed by atoms with E-state index in [1.807, 2.05) is 6.07 Å². The minimum absolute atomic E-state index is 0.0417. The van der Waals surface area contributed by atoms with Crippen molar-refractivity contribution < 1.29 is 17.9 Å². The number of rotatable bonds is 2. The molecular formula is C18H20F3NOS. The molecule has 1 saturated heterocycles. The zero-order chi connectivity index (χ0) is 17.4. The van der Waals surface area contributed by atoms with Gasteiger partial charge in [-0.2, -0.15) is 13.2 Å². The normalized spacial score (nSPS) is 17.8. The number of hydrogen-bond acceptors (Lipinski definition) is 3. The Balaban J connectivity index is 0.000000177. The minimum Gasteiger partial charge on any atom is -0.375 e. The third kappa shape index (κ3) is 6.19. The van der Waals surface area contributed by atoms with Crippen molar-refractivity contribution in [3.63, 3.8) is 0 Å². The van der Waals surface area contributed by atoms with E-state index in [4.69, 9.17) is 4.74 Å². The van der Waals surface area contributed by atoms with Gasteiger partial charge in [-0.3, -0.25) is 0 Å². The Morgan fingerprint density at radius 2 is 1.71 bits per heavy atom. The first kappa shape index (κ1) is 18.8. The topological polar surface area (TPSA) is 21.3 Å². The zero-order valence-corrected chi connectivity index (χ0v) is 14.0. The van der Waals surface area contributed by atoms with Crippen molar-refractivity contribution in [1.29, 1.82) is 0 Å². The molecule has 1 fully saturated rings. The SMILES string of the molecule is FC(F)(F)c1ccccc1S.c1ccc(CC2CNCCO2)cc1. The summed E-state index contributed by atoms with van der Waals surface area (Å²) in [7, 11) is 0. The fraction of sp³-hybridized carbons (Fsp3) is 0.333. The molecule has 1 atom stereocenters. The van der Waals surface area contributed by atoms with Gasteiger partial charge in [0.2, 0.25) is 0 Å². The Labute approximate surface area is 145 Å². The molecule has 1 N–H and O–H groups in total. The van der Waals surface area contributed by atoms with Crippen LogP contribution >= 0.6 is 12.6 Å². The van der Waals surface area contributed by atoms with Gasteiger partial charge in [0.25, 0.3) is 0 Å². The highest BCUT2D eigenvalue weighted by Gasteiger charge is 2.31. The van der Waals surface area contributed by atoms with Crippen LogP contribution in [0.2, 0.25) is 0 Å². The lowest BCUT2D eigenvalue weighted by Crippen LogP contribution is -2.39. The summed E-state index contributed by atoms with van der Waals surface area (Å²) in [4.78, 5) is -0.0417. The molecule has 2 nitrogen and oxygen atoms in total. The molecular weight excluding hydrogens is 335 g/mol. The van der Waals surface area contributed by atoms with Gasteiger partial charge in [-0.25, -0.2) is 0 Å². The molecule has 1 aliphatic heterocycles. The van der Waals surface area contributed by atoms with Crippen LogP contribution in [0.15, 0.2) is 59.5 Å². The molecule has 2 aromatic rings. The Morgan fingerprint density at radius 1 is 1.04 bits per heavy atom. The number of ether oxygens (including phenoxy) is 1.